The molecule has 0 bridgehead atoms. The molecular formula is C12H23O14P. The molecule has 10 atom stereocenters. The molecule has 0 radical (unpaired) electrons. The fourth-order valence-corrected chi connectivity index (χ4v) is 3.12. The summed E-state index contributed by atoms with van der Waals surface area (Å²) in [5.41, 5.74) is 0. The van der Waals surface area contributed by atoms with Gasteiger partial charge in [0.1, 0.15) is 48.8 Å². The van der Waals surface area contributed by atoms with Crippen molar-refractivity contribution in [2.45, 2.75) is 61.4 Å². The lowest BCUT2D eigenvalue weighted by Gasteiger charge is -2.42. The van der Waals surface area contributed by atoms with E-state index in [4.69, 9.17) is 29.1 Å². The zero-order valence-corrected chi connectivity index (χ0v) is 14.6. The van der Waals surface area contributed by atoms with E-state index >= 15 is 0 Å². The fourth-order valence-electron chi connectivity index (χ4n) is 2.67. The van der Waals surface area contributed by atoms with E-state index < -0.39 is 82.4 Å². The molecule has 2 aliphatic rings. The highest BCUT2D eigenvalue weighted by molar-refractivity contribution is 7.46. The molecule has 2 aliphatic heterocycles. The van der Waals surface area contributed by atoms with Gasteiger partial charge in [-0.05, 0) is 0 Å². The molecule has 2 saturated heterocycles. The molecule has 15 heteroatoms. The highest BCUT2D eigenvalue weighted by Gasteiger charge is 2.48. The smallest absolute Gasteiger partial charge is 0.394 e. The lowest BCUT2D eigenvalue weighted by atomic mass is 9.98. The average Bonchev–Trinajstić information content (AvgIpc) is 2.59. The minimum atomic E-state index is -5.10. The lowest BCUT2D eigenvalue weighted by molar-refractivity contribution is -0.323. The van der Waals surface area contributed by atoms with Crippen molar-refractivity contribution < 1.29 is 68.8 Å². The SMILES string of the molecule is O=P(O)(O)O[C@H]1O[C@H](CO[C@H]2O[C@H](CO)[C@@H](O)[C@H](O)[C@@H]2O)[C@@H](O)[C@H](O)[C@@H]1O. The van der Waals surface area contributed by atoms with Gasteiger partial charge < -0.3 is 59.7 Å². The van der Waals surface area contributed by atoms with Gasteiger partial charge in [-0.1, -0.05) is 0 Å². The summed E-state index contributed by atoms with van der Waals surface area (Å²) in [4.78, 5) is 17.6. The average molecular weight is 422 g/mol. The first-order valence-electron chi connectivity index (χ1n) is 7.82. The molecule has 27 heavy (non-hydrogen) atoms. The van der Waals surface area contributed by atoms with Gasteiger partial charge in [0, 0.05) is 0 Å². The summed E-state index contributed by atoms with van der Waals surface area (Å²) in [5.74, 6) is 0. The van der Waals surface area contributed by atoms with E-state index in [2.05, 4.69) is 4.52 Å². The van der Waals surface area contributed by atoms with Crippen LogP contribution < -0.4 is 0 Å². The van der Waals surface area contributed by atoms with Gasteiger partial charge in [-0.25, -0.2) is 4.57 Å². The van der Waals surface area contributed by atoms with Crippen LogP contribution in [0.3, 0.4) is 0 Å². The Balaban J connectivity index is 2.01. The Morgan fingerprint density at radius 1 is 0.741 bits per heavy atom. The first-order valence-corrected chi connectivity index (χ1v) is 9.35. The molecule has 0 amide bonds. The van der Waals surface area contributed by atoms with Gasteiger partial charge in [0.25, 0.3) is 0 Å². The van der Waals surface area contributed by atoms with Crippen LogP contribution in [-0.2, 0) is 23.3 Å². The molecule has 0 aliphatic carbocycles. The molecule has 0 aromatic rings. The largest absolute Gasteiger partial charge is 0.472 e. The molecule has 14 nitrogen and oxygen atoms in total. The standard InChI is InChI=1S/C12H23O14P/c13-1-3-5(14)7(16)9(18)11(24-3)23-2-4-6(15)8(17)10(19)12(25-4)26-27(20,21)22/h3-19H,1-2H2,(H2,20,21,22)/t3-,4-,5-,6-,7+,8+,9+,10+,11+,12-/m1/s1. The van der Waals surface area contributed by atoms with E-state index in [-0.39, 0.29) is 0 Å². The van der Waals surface area contributed by atoms with Crippen molar-refractivity contribution in [3.63, 3.8) is 0 Å². The molecule has 2 fully saturated rings. The van der Waals surface area contributed by atoms with Crippen LogP contribution in [0.4, 0.5) is 0 Å². The monoisotopic (exact) mass is 422 g/mol. The van der Waals surface area contributed by atoms with E-state index in [1.165, 1.54) is 0 Å². The molecular weight excluding hydrogens is 399 g/mol. The molecule has 0 saturated carbocycles. The molecule has 0 spiro atoms. The molecule has 160 valence electrons. The van der Waals surface area contributed by atoms with E-state index in [0.29, 0.717) is 0 Å². The van der Waals surface area contributed by atoms with Crippen molar-refractivity contribution in [2.24, 2.45) is 0 Å². The highest BCUT2D eigenvalue weighted by Crippen LogP contribution is 2.40. The third-order valence-electron chi connectivity index (χ3n) is 4.18. The Morgan fingerprint density at radius 2 is 1.22 bits per heavy atom. The van der Waals surface area contributed by atoms with Crippen LogP contribution >= 0.6 is 7.82 Å². The fraction of sp³-hybridized carbons (Fsp3) is 1.00. The predicted molar refractivity (Wildman–Crippen MR) is 79.5 cm³/mol. The van der Waals surface area contributed by atoms with Gasteiger partial charge in [0.15, 0.2) is 12.6 Å². The topological polar surface area (TPSA) is 236 Å². The Kier molecular flexibility index (Phi) is 7.68. The first-order chi connectivity index (χ1) is 12.5. The van der Waals surface area contributed by atoms with E-state index in [1.807, 2.05) is 0 Å². The number of hydrogen-bond donors (Lipinski definition) is 9. The van der Waals surface area contributed by atoms with Crippen LogP contribution in [-0.4, -0.2) is 120 Å². The number of ether oxygens (including phenoxy) is 3. The van der Waals surface area contributed by atoms with Crippen LogP contribution in [0, 0.1) is 0 Å². The van der Waals surface area contributed by atoms with Crippen molar-refractivity contribution in [1.82, 2.24) is 0 Å². The van der Waals surface area contributed by atoms with Crippen molar-refractivity contribution in [1.29, 1.82) is 0 Å². The van der Waals surface area contributed by atoms with Crippen molar-refractivity contribution in [3.8, 4) is 0 Å². The van der Waals surface area contributed by atoms with E-state index in [0.717, 1.165) is 0 Å². The summed E-state index contributed by atoms with van der Waals surface area (Å²) in [6.45, 7) is -1.34. The maximum absolute atomic E-state index is 10.9. The van der Waals surface area contributed by atoms with E-state index in [9.17, 15) is 35.2 Å². The number of phosphoric ester groups is 1. The Bertz CT molecular complexity index is 526. The minimum Gasteiger partial charge on any atom is -0.394 e. The molecule has 9 N–H and O–H groups in total. The van der Waals surface area contributed by atoms with Crippen molar-refractivity contribution in [2.75, 3.05) is 13.2 Å². The normalized spacial score (nSPS) is 46.4. The van der Waals surface area contributed by atoms with Gasteiger partial charge in [-0.3, -0.25) is 4.52 Å². The van der Waals surface area contributed by atoms with Gasteiger partial charge in [0.2, 0.25) is 0 Å². The second-order valence-electron chi connectivity index (χ2n) is 6.14. The third kappa shape index (κ3) is 5.41. The maximum atomic E-state index is 10.9. The maximum Gasteiger partial charge on any atom is 0.472 e. The zero-order chi connectivity index (χ0) is 20.5. The molecule has 0 unspecified atom stereocenters. The number of aliphatic hydroxyl groups is 7. The quantitative estimate of drug-likeness (QED) is 0.182. The van der Waals surface area contributed by atoms with Crippen LogP contribution in [0.2, 0.25) is 0 Å². The molecule has 0 aromatic heterocycles. The first kappa shape index (κ1) is 23.0. The predicted octanol–water partition coefficient (Wildman–Crippen LogP) is -5.28. The number of phosphoric acid groups is 1. The summed E-state index contributed by atoms with van der Waals surface area (Å²) in [7, 11) is -5.10. The number of hydrogen-bond acceptors (Lipinski definition) is 12. The minimum absolute atomic E-state index is 0.644. The number of aliphatic hydroxyl groups excluding tert-OH is 7. The molecule has 0 aromatic carbocycles. The Labute approximate surface area is 152 Å². The zero-order valence-electron chi connectivity index (χ0n) is 13.7. The van der Waals surface area contributed by atoms with Crippen LogP contribution in [0.5, 0.6) is 0 Å². The van der Waals surface area contributed by atoms with Gasteiger partial charge in [-0.15, -0.1) is 0 Å². The Hall–Kier alpha value is -0.290. The molecule has 2 heterocycles. The summed E-state index contributed by atoms with van der Waals surface area (Å²) in [5, 5.41) is 67.7. The summed E-state index contributed by atoms with van der Waals surface area (Å²) >= 11 is 0. The summed E-state index contributed by atoms with van der Waals surface area (Å²) in [6, 6.07) is 0. The highest BCUT2D eigenvalue weighted by atomic mass is 31.2. The van der Waals surface area contributed by atoms with Gasteiger partial charge in [0.05, 0.1) is 13.2 Å². The summed E-state index contributed by atoms with van der Waals surface area (Å²) in [6.07, 6.45) is -17.0. The van der Waals surface area contributed by atoms with E-state index in [1.54, 1.807) is 0 Å². The van der Waals surface area contributed by atoms with Crippen LogP contribution in [0.15, 0.2) is 0 Å². The number of rotatable bonds is 6. The Morgan fingerprint density at radius 3 is 1.74 bits per heavy atom. The van der Waals surface area contributed by atoms with Crippen LogP contribution in [0.25, 0.3) is 0 Å². The van der Waals surface area contributed by atoms with Crippen molar-refractivity contribution in [3.05, 3.63) is 0 Å². The summed E-state index contributed by atoms with van der Waals surface area (Å²) < 4.78 is 30.3. The lowest BCUT2D eigenvalue weighted by Crippen LogP contribution is -2.61. The van der Waals surface area contributed by atoms with Crippen molar-refractivity contribution >= 4 is 7.82 Å². The third-order valence-corrected chi connectivity index (χ3v) is 4.67. The van der Waals surface area contributed by atoms with Crippen LogP contribution in [0.1, 0.15) is 0 Å². The second-order valence-corrected chi connectivity index (χ2v) is 7.33. The molecule has 2 rings (SSSR count). The van der Waals surface area contributed by atoms with Gasteiger partial charge in [-0.2, -0.15) is 0 Å². The second kappa shape index (κ2) is 9.02. The van der Waals surface area contributed by atoms with Gasteiger partial charge >= 0.3 is 7.82 Å².